The summed E-state index contributed by atoms with van der Waals surface area (Å²) in [5.74, 6) is 0.886. The highest BCUT2D eigenvalue weighted by atomic mass is 35.5. The zero-order chi connectivity index (χ0) is 13.0. The Morgan fingerprint density at radius 2 is 1.94 bits per heavy atom. The monoisotopic (exact) mass is 265 g/mol. The fraction of sp³-hybridized carbons (Fsp3) is 0.625. The highest BCUT2D eigenvalue weighted by Gasteiger charge is 2.25. The summed E-state index contributed by atoms with van der Waals surface area (Å²) >= 11 is 5.96. The molecule has 1 aliphatic carbocycles. The van der Waals surface area contributed by atoms with Crippen LogP contribution in [0.2, 0.25) is 5.02 Å². The summed E-state index contributed by atoms with van der Waals surface area (Å²) in [6.45, 7) is 4.58. The summed E-state index contributed by atoms with van der Waals surface area (Å²) in [7, 11) is 0. The van der Waals surface area contributed by atoms with Gasteiger partial charge in [-0.2, -0.15) is 0 Å². The zero-order valence-corrected chi connectivity index (χ0v) is 12.2. The van der Waals surface area contributed by atoms with Crippen molar-refractivity contribution in [2.45, 2.75) is 58.0 Å². The second-order valence-corrected chi connectivity index (χ2v) is 5.98. The molecule has 0 amide bonds. The quantitative estimate of drug-likeness (QED) is 0.767. The maximum absolute atomic E-state index is 5.96. The Hall–Kier alpha value is -0.530. The van der Waals surface area contributed by atoms with Crippen LogP contribution in [-0.2, 0) is 0 Å². The first-order chi connectivity index (χ1) is 8.70. The average molecular weight is 266 g/mol. The molecule has 2 unspecified atom stereocenters. The molecule has 0 radical (unpaired) electrons. The van der Waals surface area contributed by atoms with E-state index in [0.717, 1.165) is 10.9 Å². The van der Waals surface area contributed by atoms with Crippen LogP contribution in [0.25, 0.3) is 0 Å². The normalized spacial score (nSPS) is 19.3. The topological polar surface area (TPSA) is 12.0 Å². The minimum Gasteiger partial charge on any atom is -0.307 e. The molecule has 0 spiro atoms. The van der Waals surface area contributed by atoms with Crippen molar-refractivity contribution >= 4 is 11.6 Å². The second-order valence-electron chi connectivity index (χ2n) is 5.54. The summed E-state index contributed by atoms with van der Waals surface area (Å²) in [5, 5.41) is 4.63. The first kappa shape index (κ1) is 13.9. The van der Waals surface area contributed by atoms with Crippen LogP contribution in [0.15, 0.2) is 24.3 Å². The van der Waals surface area contributed by atoms with Crippen molar-refractivity contribution in [1.29, 1.82) is 0 Å². The number of rotatable bonds is 6. The zero-order valence-electron chi connectivity index (χ0n) is 11.5. The minimum absolute atomic E-state index is 0.475. The maximum atomic E-state index is 5.96. The van der Waals surface area contributed by atoms with Crippen LogP contribution in [0.1, 0.15) is 57.6 Å². The van der Waals surface area contributed by atoms with Gasteiger partial charge in [0.05, 0.1) is 0 Å². The molecule has 0 saturated heterocycles. The standard InChI is InChI=1S/C16H24ClN/c1-3-5-16(14-8-10-15(17)11-9-14)18-12(2)13-6-4-7-13/h8-13,16,18H,3-7H2,1-2H3. The molecule has 1 aromatic rings. The molecule has 1 aliphatic rings. The van der Waals surface area contributed by atoms with E-state index in [9.17, 15) is 0 Å². The number of nitrogens with one attached hydrogen (secondary N) is 1. The van der Waals surface area contributed by atoms with Gasteiger partial charge in [-0.15, -0.1) is 0 Å². The largest absolute Gasteiger partial charge is 0.307 e. The van der Waals surface area contributed by atoms with Gasteiger partial charge in [0, 0.05) is 17.1 Å². The fourth-order valence-electron chi connectivity index (χ4n) is 2.72. The Balaban J connectivity index is 2.00. The van der Waals surface area contributed by atoms with Crippen molar-refractivity contribution in [3.8, 4) is 0 Å². The molecule has 0 heterocycles. The van der Waals surface area contributed by atoms with Crippen LogP contribution in [0, 0.1) is 5.92 Å². The van der Waals surface area contributed by atoms with Gasteiger partial charge in [-0.1, -0.05) is 43.5 Å². The molecule has 1 fully saturated rings. The third kappa shape index (κ3) is 3.49. The minimum atomic E-state index is 0.475. The fourth-order valence-corrected chi connectivity index (χ4v) is 2.85. The molecule has 100 valence electrons. The van der Waals surface area contributed by atoms with Crippen molar-refractivity contribution in [2.24, 2.45) is 5.92 Å². The van der Waals surface area contributed by atoms with Gasteiger partial charge in [-0.05, 0) is 49.8 Å². The molecule has 0 aromatic heterocycles. The first-order valence-electron chi connectivity index (χ1n) is 7.22. The van der Waals surface area contributed by atoms with E-state index >= 15 is 0 Å². The van der Waals surface area contributed by atoms with Crippen molar-refractivity contribution in [1.82, 2.24) is 5.32 Å². The van der Waals surface area contributed by atoms with Crippen LogP contribution < -0.4 is 5.32 Å². The number of benzene rings is 1. The van der Waals surface area contributed by atoms with E-state index in [1.165, 1.54) is 37.7 Å². The van der Waals surface area contributed by atoms with Crippen LogP contribution in [0.5, 0.6) is 0 Å². The number of hydrogen-bond acceptors (Lipinski definition) is 1. The Morgan fingerprint density at radius 3 is 2.44 bits per heavy atom. The van der Waals surface area contributed by atoms with Crippen LogP contribution in [-0.4, -0.2) is 6.04 Å². The van der Waals surface area contributed by atoms with Crippen LogP contribution >= 0.6 is 11.6 Å². The molecule has 1 saturated carbocycles. The van der Waals surface area contributed by atoms with Gasteiger partial charge in [0.25, 0.3) is 0 Å². The van der Waals surface area contributed by atoms with E-state index < -0.39 is 0 Å². The van der Waals surface area contributed by atoms with Crippen LogP contribution in [0.4, 0.5) is 0 Å². The van der Waals surface area contributed by atoms with Gasteiger partial charge >= 0.3 is 0 Å². The van der Waals surface area contributed by atoms with E-state index in [2.05, 4.69) is 31.3 Å². The molecule has 18 heavy (non-hydrogen) atoms. The molecule has 2 rings (SSSR count). The number of hydrogen-bond donors (Lipinski definition) is 1. The Labute approximate surface area is 116 Å². The molecule has 0 aliphatic heterocycles. The maximum Gasteiger partial charge on any atom is 0.0406 e. The summed E-state index contributed by atoms with van der Waals surface area (Å²) < 4.78 is 0. The van der Waals surface area contributed by atoms with E-state index in [-0.39, 0.29) is 0 Å². The lowest BCUT2D eigenvalue weighted by Gasteiger charge is -2.35. The van der Waals surface area contributed by atoms with Crippen molar-refractivity contribution < 1.29 is 0 Å². The van der Waals surface area contributed by atoms with E-state index in [0.29, 0.717) is 12.1 Å². The van der Waals surface area contributed by atoms with E-state index in [1.54, 1.807) is 0 Å². The lowest BCUT2D eigenvalue weighted by Crippen LogP contribution is -2.39. The SMILES string of the molecule is CCCC(NC(C)C1CCC1)c1ccc(Cl)cc1. The molecule has 1 N–H and O–H groups in total. The summed E-state index contributed by atoms with van der Waals surface area (Å²) in [4.78, 5) is 0. The van der Waals surface area contributed by atoms with E-state index in [4.69, 9.17) is 11.6 Å². The smallest absolute Gasteiger partial charge is 0.0406 e. The Kier molecular flexibility index (Phi) is 5.08. The molecule has 0 bridgehead atoms. The Bertz CT molecular complexity index is 356. The van der Waals surface area contributed by atoms with Crippen LogP contribution in [0.3, 0.4) is 0 Å². The van der Waals surface area contributed by atoms with Gasteiger partial charge in [-0.25, -0.2) is 0 Å². The average Bonchev–Trinajstić information content (AvgIpc) is 2.27. The molecule has 2 heteroatoms. The number of halogens is 1. The summed E-state index contributed by atoms with van der Waals surface area (Å²) in [6.07, 6.45) is 6.60. The Morgan fingerprint density at radius 1 is 1.28 bits per heavy atom. The first-order valence-corrected chi connectivity index (χ1v) is 7.60. The van der Waals surface area contributed by atoms with Gasteiger partial charge in [0.1, 0.15) is 0 Å². The lowest BCUT2D eigenvalue weighted by molar-refractivity contribution is 0.223. The highest BCUT2D eigenvalue weighted by molar-refractivity contribution is 6.30. The highest BCUT2D eigenvalue weighted by Crippen LogP contribution is 2.31. The summed E-state index contributed by atoms with van der Waals surface area (Å²) in [6, 6.07) is 9.41. The molecule has 1 nitrogen and oxygen atoms in total. The van der Waals surface area contributed by atoms with Gasteiger partial charge in [0.2, 0.25) is 0 Å². The molecular weight excluding hydrogens is 242 g/mol. The molecule has 1 aromatic carbocycles. The second kappa shape index (κ2) is 6.58. The molecule has 2 atom stereocenters. The predicted molar refractivity (Wildman–Crippen MR) is 79.0 cm³/mol. The summed E-state index contributed by atoms with van der Waals surface area (Å²) in [5.41, 5.74) is 1.37. The van der Waals surface area contributed by atoms with Gasteiger partial charge in [-0.3, -0.25) is 0 Å². The molecular formula is C16H24ClN. The van der Waals surface area contributed by atoms with E-state index in [1.807, 2.05) is 12.1 Å². The predicted octanol–water partition coefficient (Wildman–Crippen LogP) is 4.96. The van der Waals surface area contributed by atoms with Crippen molar-refractivity contribution in [3.05, 3.63) is 34.9 Å². The van der Waals surface area contributed by atoms with Gasteiger partial charge in [0.15, 0.2) is 0 Å². The van der Waals surface area contributed by atoms with Gasteiger partial charge < -0.3 is 5.32 Å². The van der Waals surface area contributed by atoms with Crippen molar-refractivity contribution in [3.63, 3.8) is 0 Å². The third-order valence-electron chi connectivity index (χ3n) is 4.17. The van der Waals surface area contributed by atoms with Crippen molar-refractivity contribution in [2.75, 3.05) is 0 Å². The third-order valence-corrected chi connectivity index (χ3v) is 4.42. The lowest BCUT2D eigenvalue weighted by atomic mass is 9.80.